The lowest BCUT2D eigenvalue weighted by Crippen LogP contribution is -1.99. The van der Waals surface area contributed by atoms with E-state index in [9.17, 15) is 0 Å². The Kier molecular flexibility index (Phi) is 5.06. The number of H-pyrrole nitrogens is 1. The van der Waals surface area contributed by atoms with E-state index in [1.54, 1.807) is 0 Å². The number of unbranched alkanes of at least 4 members (excludes halogenated alkanes) is 1. The molecule has 0 aliphatic heterocycles. The van der Waals surface area contributed by atoms with Gasteiger partial charge in [-0.15, -0.1) is 0 Å². The first-order chi connectivity index (χ1) is 11.6. The molecule has 0 bridgehead atoms. The van der Waals surface area contributed by atoms with Gasteiger partial charge in [-0.25, -0.2) is 0 Å². The largest absolute Gasteiger partial charge is 0.354 e. The lowest BCUT2D eigenvalue weighted by atomic mass is 9.95. The van der Waals surface area contributed by atoms with Gasteiger partial charge in [-0.05, 0) is 55.3 Å². The Hall–Kier alpha value is -2.06. The number of hydrogen-bond acceptors (Lipinski definition) is 1. The van der Waals surface area contributed by atoms with E-state index < -0.39 is 0 Å². The van der Waals surface area contributed by atoms with E-state index in [0.717, 1.165) is 25.8 Å². The Morgan fingerprint density at radius 3 is 2.50 bits per heavy atom. The second kappa shape index (κ2) is 7.23. The van der Waals surface area contributed by atoms with E-state index >= 15 is 0 Å². The first-order valence-corrected chi connectivity index (χ1v) is 9.03. The van der Waals surface area contributed by atoms with Crippen LogP contribution in [-0.4, -0.2) is 11.5 Å². The molecule has 1 aromatic heterocycles. The van der Waals surface area contributed by atoms with Crippen molar-refractivity contribution in [1.29, 1.82) is 0 Å². The Bertz CT molecular complexity index is 827. The van der Waals surface area contributed by atoms with Crippen LogP contribution in [0.25, 0.3) is 22.2 Å². The number of nitrogens with two attached hydrogens (primary N) is 1. The Labute approximate surface area is 145 Å². The number of benzene rings is 2. The van der Waals surface area contributed by atoms with Crippen LogP contribution < -0.4 is 5.73 Å². The molecule has 3 rings (SSSR count). The van der Waals surface area contributed by atoms with Crippen LogP contribution in [0.1, 0.15) is 49.3 Å². The number of nitrogens with one attached hydrogen (secondary N) is 1. The summed E-state index contributed by atoms with van der Waals surface area (Å²) < 4.78 is 0. The summed E-state index contributed by atoms with van der Waals surface area (Å²) in [5, 5.41) is 1.37. The van der Waals surface area contributed by atoms with Gasteiger partial charge in [0.05, 0.1) is 0 Å². The molecule has 0 saturated carbocycles. The van der Waals surface area contributed by atoms with Crippen LogP contribution in [0, 0.1) is 6.92 Å². The molecular formula is C22H28N2. The van der Waals surface area contributed by atoms with Crippen LogP contribution in [0.5, 0.6) is 0 Å². The maximum Gasteiger partial charge on any atom is 0.0500 e. The van der Waals surface area contributed by atoms with E-state index in [1.165, 1.54) is 38.9 Å². The number of hydrogen-bond donors (Lipinski definition) is 2. The van der Waals surface area contributed by atoms with Crippen LogP contribution in [0.3, 0.4) is 0 Å². The Morgan fingerprint density at radius 2 is 1.79 bits per heavy atom. The number of aryl methyl sites for hydroxylation is 2. The number of para-hydroxylation sites is 1. The molecule has 0 unspecified atom stereocenters. The first kappa shape index (κ1) is 16.8. The fourth-order valence-electron chi connectivity index (χ4n) is 3.57. The Balaban J connectivity index is 2.21. The number of rotatable bonds is 6. The highest BCUT2D eigenvalue weighted by atomic mass is 14.7. The zero-order valence-electron chi connectivity index (χ0n) is 15.0. The molecule has 2 aromatic carbocycles. The van der Waals surface area contributed by atoms with Crippen LogP contribution in [-0.2, 0) is 6.42 Å². The van der Waals surface area contributed by atoms with E-state index in [-0.39, 0.29) is 0 Å². The summed E-state index contributed by atoms with van der Waals surface area (Å²) in [7, 11) is 0. The Morgan fingerprint density at radius 1 is 1.00 bits per heavy atom. The summed E-state index contributed by atoms with van der Waals surface area (Å²) in [5.41, 5.74) is 13.8. The molecule has 126 valence electrons. The minimum atomic E-state index is 0.508. The molecule has 0 fully saturated rings. The van der Waals surface area contributed by atoms with Gasteiger partial charge in [-0.3, -0.25) is 0 Å². The van der Waals surface area contributed by atoms with Gasteiger partial charge in [0.25, 0.3) is 0 Å². The molecule has 0 aliphatic carbocycles. The predicted octanol–water partition coefficient (Wildman–Crippen LogP) is 5.55. The highest BCUT2D eigenvalue weighted by Gasteiger charge is 2.17. The summed E-state index contributed by atoms with van der Waals surface area (Å²) >= 11 is 0. The molecule has 0 amide bonds. The quantitative estimate of drug-likeness (QED) is 0.575. The molecule has 3 aromatic rings. The summed E-state index contributed by atoms with van der Waals surface area (Å²) in [4.78, 5) is 3.77. The first-order valence-electron chi connectivity index (χ1n) is 9.03. The average molecular weight is 320 g/mol. The smallest absolute Gasteiger partial charge is 0.0500 e. The fraction of sp³-hybridized carbons (Fsp3) is 0.364. The molecule has 3 N–H and O–H groups in total. The summed E-state index contributed by atoms with van der Waals surface area (Å²) in [5.74, 6) is 0.508. The summed E-state index contributed by atoms with van der Waals surface area (Å²) in [6.07, 6.45) is 3.28. The molecule has 0 spiro atoms. The minimum Gasteiger partial charge on any atom is -0.354 e. The molecular weight excluding hydrogens is 292 g/mol. The van der Waals surface area contributed by atoms with Gasteiger partial charge >= 0.3 is 0 Å². The number of aromatic nitrogens is 1. The highest BCUT2D eigenvalue weighted by molar-refractivity contribution is 5.93. The van der Waals surface area contributed by atoms with Crippen LogP contribution in [0.15, 0.2) is 42.5 Å². The summed E-state index contributed by atoms with van der Waals surface area (Å²) in [6.45, 7) is 7.47. The zero-order chi connectivity index (χ0) is 17.1. The fourth-order valence-corrected chi connectivity index (χ4v) is 3.57. The van der Waals surface area contributed by atoms with Gasteiger partial charge < -0.3 is 10.7 Å². The van der Waals surface area contributed by atoms with Crippen molar-refractivity contribution in [2.24, 2.45) is 5.73 Å². The molecule has 0 aliphatic rings. The van der Waals surface area contributed by atoms with Gasteiger partial charge in [-0.1, -0.05) is 56.3 Å². The molecule has 0 saturated heterocycles. The molecule has 1 heterocycles. The summed E-state index contributed by atoms with van der Waals surface area (Å²) in [6, 6.07) is 15.3. The topological polar surface area (TPSA) is 41.8 Å². The maximum atomic E-state index is 5.71. The van der Waals surface area contributed by atoms with E-state index in [2.05, 4.69) is 68.2 Å². The average Bonchev–Trinajstić information content (AvgIpc) is 2.94. The second-order valence-electron chi connectivity index (χ2n) is 6.96. The molecule has 24 heavy (non-hydrogen) atoms. The third-order valence-corrected chi connectivity index (χ3v) is 4.89. The SMILES string of the molecule is Cc1ccccc1-c1[nH]c2c(C(C)C)cccc2c1CCCCN. The van der Waals surface area contributed by atoms with Crippen LogP contribution >= 0.6 is 0 Å². The van der Waals surface area contributed by atoms with Crippen molar-refractivity contribution in [3.8, 4) is 11.3 Å². The van der Waals surface area contributed by atoms with Crippen molar-refractivity contribution in [2.45, 2.75) is 46.0 Å². The van der Waals surface area contributed by atoms with Crippen LogP contribution in [0.2, 0.25) is 0 Å². The van der Waals surface area contributed by atoms with Crippen molar-refractivity contribution in [1.82, 2.24) is 4.98 Å². The van der Waals surface area contributed by atoms with Crippen molar-refractivity contribution in [3.63, 3.8) is 0 Å². The number of fused-ring (bicyclic) bond motifs is 1. The van der Waals surface area contributed by atoms with Gasteiger partial charge in [0.1, 0.15) is 0 Å². The molecule has 2 nitrogen and oxygen atoms in total. The van der Waals surface area contributed by atoms with Gasteiger partial charge in [0, 0.05) is 22.2 Å². The van der Waals surface area contributed by atoms with Gasteiger partial charge in [-0.2, -0.15) is 0 Å². The van der Waals surface area contributed by atoms with Gasteiger partial charge in [0.15, 0.2) is 0 Å². The standard InChI is InChI=1S/C22H28N2/c1-15(2)17-12-8-13-20-19(11-6-7-14-23)22(24-21(17)20)18-10-5-4-9-16(18)3/h4-5,8-10,12-13,15,24H,6-7,11,14,23H2,1-3H3. The highest BCUT2D eigenvalue weighted by Crippen LogP contribution is 2.36. The zero-order valence-corrected chi connectivity index (χ0v) is 15.0. The molecule has 2 heteroatoms. The third kappa shape index (κ3) is 3.11. The lowest BCUT2D eigenvalue weighted by molar-refractivity contribution is 0.748. The minimum absolute atomic E-state index is 0.508. The monoisotopic (exact) mass is 320 g/mol. The normalized spacial score (nSPS) is 11.5. The van der Waals surface area contributed by atoms with E-state index in [0.29, 0.717) is 5.92 Å². The van der Waals surface area contributed by atoms with Gasteiger partial charge in [0.2, 0.25) is 0 Å². The van der Waals surface area contributed by atoms with Crippen molar-refractivity contribution in [2.75, 3.05) is 6.54 Å². The number of aromatic amines is 1. The van der Waals surface area contributed by atoms with Crippen molar-refractivity contribution >= 4 is 10.9 Å². The molecule has 0 atom stereocenters. The predicted molar refractivity (Wildman–Crippen MR) is 105 cm³/mol. The lowest BCUT2D eigenvalue weighted by Gasteiger charge is -2.08. The van der Waals surface area contributed by atoms with Crippen molar-refractivity contribution in [3.05, 3.63) is 59.2 Å². The van der Waals surface area contributed by atoms with Crippen LogP contribution in [0.4, 0.5) is 0 Å². The second-order valence-corrected chi connectivity index (χ2v) is 6.96. The third-order valence-electron chi connectivity index (χ3n) is 4.89. The van der Waals surface area contributed by atoms with E-state index in [4.69, 9.17) is 5.73 Å². The molecule has 0 radical (unpaired) electrons. The maximum absolute atomic E-state index is 5.71. The van der Waals surface area contributed by atoms with E-state index in [1.807, 2.05) is 0 Å². The van der Waals surface area contributed by atoms with Crippen molar-refractivity contribution < 1.29 is 0 Å².